The summed E-state index contributed by atoms with van der Waals surface area (Å²) in [6.07, 6.45) is 2.41. The predicted octanol–water partition coefficient (Wildman–Crippen LogP) is 1.49. The molecule has 1 fully saturated rings. The molecule has 2 N–H and O–H groups in total. The molecule has 0 heterocycles. The smallest absolute Gasteiger partial charge is 0.234 e. The van der Waals surface area contributed by atoms with Crippen LogP contribution in [0.1, 0.15) is 24.4 Å². The van der Waals surface area contributed by atoms with E-state index in [-0.39, 0.29) is 11.9 Å². The summed E-state index contributed by atoms with van der Waals surface area (Å²) >= 11 is 0. The van der Waals surface area contributed by atoms with Crippen LogP contribution < -0.4 is 10.6 Å². The van der Waals surface area contributed by atoms with Crippen LogP contribution in [0.25, 0.3) is 0 Å². The van der Waals surface area contributed by atoms with E-state index in [1.54, 1.807) is 7.11 Å². The second-order valence-corrected chi connectivity index (χ2v) is 4.96. The van der Waals surface area contributed by atoms with Gasteiger partial charge in [0.25, 0.3) is 0 Å². The van der Waals surface area contributed by atoms with Gasteiger partial charge in [-0.05, 0) is 24.3 Å². The van der Waals surface area contributed by atoms with Crippen molar-refractivity contribution in [1.29, 1.82) is 0 Å². The van der Waals surface area contributed by atoms with Gasteiger partial charge in [0.05, 0.1) is 19.2 Å². The van der Waals surface area contributed by atoms with Crippen LogP contribution in [0.4, 0.5) is 0 Å². The number of carbonyl (C=O) groups is 1. The minimum absolute atomic E-state index is 0.0526. The third kappa shape index (κ3) is 4.65. The van der Waals surface area contributed by atoms with Crippen molar-refractivity contribution >= 4 is 5.91 Å². The van der Waals surface area contributed by atoms with Gasteiger partial charge in [0.1, 0.15) is 0 Å². The Morgan fingerprint density at radius 3 is 2.74 bits per heavy atom. The summed E-state index contributed by atoms with van der Waals surface area (Å²) in [5.74, 6) is 0.655. The normalized spacial score (nSPS) is 16.1. The highest BCUT2D eigenvalue weighted by Crippen LogP contribution is 2.40. The maximum Gasteiger partial charge on any atom is 0.234 e. The Morgan fingerprint density at radius 1 is 1.37 bits per heavy atom. The van der Waals surface area contributed by atoms with Gasteiger partial charge in [0.2, 0.25) is 5.91 Å². The molecule has 1 amide bonds. The van der Waals surface area contributed by atoms with Gasteiger partial charge < -0.3 is 15.4 Å². The number of methoxy groups -OCH3 is 1. The molecule has 104 valence electrons. The van der Waals surface area contributed by atoms with Gasteiger partial charge in [0.15, 0.2) is 0 Å². The number of hydrogen-bond donors (Lipinski definition) is 2. The molecule has 0 saturated heterocycles. The molecular weight excluding hydrogens is 240 g/mol. The van der Waals surface area contributed by atoms with Gasteiger partial charge in [-0.25, -0.2) is 0 Å². The Balaban J connectivity index is 1.82. The van der Waals surface area contributed by atoms with Crippen LogP contribution in [-0.2, 0) is 9.53 Å². The quantitative estimate of drug-likeness (QED) is 0.698. The predicted molar refractivity (Wildman–Crippen MR) is 74.8 cm³/mol. The molecule has 0 radical (unpaired) electrons. The average molecular weight is 262 g/mol. The highest BCUT2D eigenvalue weighted by molar-refractivity contribution is 5.78. The molecule has 0 aliphatic heterocycles. The Hall–Kier alpha value is -1.39. The molecule has 4 nitrogen and oxygen atoms in total. The van der Waals surface area contributed by atoms with Crippen molar-refractivity contribution in [2.24, 2.45) is 5.92 Å². The largest absolute Gasteiger partial charge is 0.383 e. The maximum atomic E-state index is 11.9. The van der Waals surface area contributed by atoms with E-state index in [0.717, 1.165) is 0 Å². The molecule has 1 unspecified atom stereocenters. The van der Waals surface area contributed by atoms with Gasteiger partial charge in [-0.2, -0.15) is 0 Å². The fraction of sp³-hybridized carbons (Fsp3) is 0.533. The van der Waals surface area contributed by atoms with Crippen LogP contribution in [0.3, 0.4) is 0 Å². The first-order valence-electron chi connectivity index (χ1n) is 6.85. The highest BCUT2D eigenvalue weighted by atomic mass is 16.5. The summed E-state index contributed by atoms with van der Waals surface area (Å²) in [4.78, 5) is 11.9. The summed E-state index contributed by atoms with van der Waals surface area (Å²) < 4.78 is 4.93. The Labute approximate surface area is 114 Å². The molecule has 19 heavy (non-hydrogen) atoms. The van der Waals surface area contributed by atoms with E-state index in [4.69, 9.17) is 4.74 Å². The third-order valence-electron chi connectivity index (χ3n) is 3.34. The monoisotopic (exact) mass is 262 g/mol. The summed E-state index contributed by atoms with van der Waals surface area (Å²) in [5, 5.41) is 6.20. The Kier molecular flexibility index (Phi) is 5.36. The second kappa shape index (κ2) is 7.26. The van der Waals surface area contributed by atoms with Crippen molar-refractivity contribution in [3.8, 4) is 0 Å². The third-order valence-corrected chi connectivity index (χ3v) is 3.34. The molecule has 1 atom stereocenters. The molecule has 1 aromatic carbocycles. The zero-order chi connectivity index (χ0) is 13.5. The minimum Gasteiger partial charge on any atom is -0.383 e. The molecule has 4 heteroatoms. The molecule has 1 aliphatic carbocycles. The molecule has 2 rings (SSSR count). The van der Waals surface area contributed by atoms with Crippen LogP contribution >= 0.6 is 0 Å². The van der Waals surface area contributed by atoms with Gasteiger partial charge in [-0.3, -0.25) is 4.79 Å². The number of rotatable bonds is 8. The molecule has 1 aromatic rings. The molecule has 1 saturated carbocycles. The Bertz CT molecular complexity index is 390. The first-order chi connectivity index (χ1) is 9.31. The van der Waals surface area contributed by atoms with Crippen molar-refractivity contribution in [3.63, 3.8) is 0 Å². The number of amides is 1. The summed E-state index contributed by atoms with van der Waals surface area (Å²) in [5.41, 5.74) is 1.20. The molecule has 0 bridgehead atoms. The van der Waals surface area contributed by atoms with Gasteiger partial charge in [-0.15, -0.1) is 0 Å². The number of benzene rings is 1. The lowest BCUT2D eigenvalue weighted by Crippen LogP contribution is -2.38. The van der Waals surface area contributed by atoms with Crippen LogP contribution in [0.2, 0.25) is 0 Å². The van der Waals surface area contributed by atoms with Crippen molar-refractivity contribution in [2.45, 2.75) is 18.9 Å². The fourth-order valence-corrected chi connectivity index (χ4v) is 2.16. The van der Waals surface area contributed by atoms with E-state index in [0.29, 0.717) is 25.6 Å². The molecule has 1 aliphatic rings. The second-order valence-electron chi connectivity index (χ2n) is 4.96. The molecule has 0 spiro atoms. The van der Waals surface area contributed by atoms with E-state index in [2.05, 4.69) is 22.8 Å². The zero-order valence-corrected chi connectivity index (χ0v) is 11.4. The van der Waals surface area contributed by atoms with Crippen LogP contribution in [0, 0.1) is 5.92 Å². The number of carbonyl (C=O) groups excluding carboxylic acids is 1. The summed E-state index contributed by atoms with van der Waals surface area (Å²) in [7, 11) is 1.65. The van der Waals surface area contributed by atoms with Crippen molar-refractivity contribution in [3.05, 3.63) is 35.9 Å². The lowest BCUT2D eigenvalue weighted by Gasteiger charge is -2.19. The van der Waals surface area contributed by atoms with Crippen molar-refractivity contribution in [2.75, 3.05) is 26.8 Å². The number of hydrogen-bond acceptors (Lipinski definition) is 3. The van der Waals surface area contributed by atoms with E-state index >= 15 is 0 Å². The van der Waals surface area contributed by atoms with Crippen molar-refractivity contribution in [1.82, 2.24) is 10.6 Å². The highest BCUT2D eigenvalue weighted by Gasteiger charge is 2.33. The van der Waals surface area contributed by atoms with E-state index < -0.39 is 0 Å². The molecular formula is C15H22N2O2. The van der Waals surface area contributed by atoms with Crippen LogP contribution in [0.5, 0.6) is 0 Å². The van der Waals surface area contributed by atoms with E-state index in [1.165, 1.54) is 18.4 Å². The number of nitrogens with one attached hydrogen (secondary N) is 2. The maximum absolute atomic E-state index is 11.9. The summed E-state index contributed by atoms with van der Waals surface area (Å²) in [6, 6.07) is 10.4. The van der Waals surface area contributed by atoms with Crippen LogP contribution in [0.15, 0.2) is 30.3 Å². The summed E-state index contributed by atoms with van der Waals surface area (Å²) in [6.45, 7) is 1.67. The van der Waals surface area contributed by atoms with Gasteiger partial charge >= 0.3 is 0 Å². The number of ether oxygens (including phenoxy) is 1. The first-order valence-corrected chi connectivity index (χ1v) is 6.85. The minimum atomic E-state index is 0.0526. The Morgan fingerprint density at radius 2 is 2.11 bits per heavy atom. The van der Waals surface area contributed by atoms with Gasteiger partial charge in [0, 0.05) is 13.7 Å². The lowest BCUT2D eigenvalue weighted by atomic mass is 10.0. The van der Waals surface area contributed by atoms with Crippen molar-refractivity contribution < 1.29 is 9.53 Å². The van der Waals surface area contributed by atoms with Gasteiger partial charge in [-0.1, -0.05) is 30.3 Å². The van der Waals surface area contributed by atoms with E-state index in [9.17, 15) is 4.79 Å². The topological polar surface area (TPSA) is 50.4 Å². The fourth-order valence-electron chi connectivity index (χ4n) is 2.16. The first kappa shape index (κ1) is 14.0. The van der Waals surface area contributed by atoms with Crippen LogP contribution in [-0.4, -0.2) is 32.7 Å². The standard InChI is InChI=1S/C15H22N2O2/c1-19-10-9-16-11-14(18)17-15(13-7-8-13)12-5-3-2-4-6-12/h2-6,13,15-16H,7-11H2,1H3,(H,17,18). The van der Waals surface area contributed by atoms with E-state index in [1.807, 2.05) is 18.2 Å². The lowest BCUT2D eigenvalue weighted by molar-refractivity contribution is -0.121. The average Bonchev–Trinajstić information content (AvgIpc) is 3.26. The SMILES string of the molecule is COCCNCC(=O)NC(c1ccccc1)C1CC1. The molecule has 0 aromatic heterocycles. The zero-order valence-electron chi connectivity index (χ0n) is 11.4.